The average molecular weight is 643 g/mol. The molecule has 0 spiro atoms. The number of aryl methyl sites for hydroxylation is 1. The van der Waals surface area contributed by atoms with Gasteiger partial charge in [-0.05, 0) is 60.8 Å². The first-order chi connectivity index (χ1) is 24.7. The number of para-hydroxylation sites is 2. The van der Waals surface area contributed by atoms with Crippen LogP contribution in [0.1, 0.15) is 11.1 Å². The molecule has 2 N–H and O–H groups in total. The van der Waals surface area contributed by atoms with Crippen LogP contribution in [0.15, 0.2) is 176 Å². The van der Waals surface area contributed by atoms with Crippen molar-refractivity contribution >= 4 is 71.4 Å². The quantitative estimate of drug-likeness (QED) is 0.112. The van der Waals surface area contributed by atoms with Crippen molar-refractivity contribution in [3.63, 3.8) is 0 Å². The SMILES string of the molecule is Cc1ccccc1.N=C(Nc1ccc(-n2c3ccccc3c3ccc4c(cc5c6ccccc6c6ccccc6n54)c32)cc1)c1ccccc1. The fourth-order valence-electron chi connectivity index (χ4n) is 7.35. The number of pyridine rings is 1. The summed E-state index contributed by atoms with van der Waals surface area (Å²) < 4.78 is 4.82. The summed E-state index contributed by atoms with van der Waals surface area (Å²) in [5.74, 6) is 0.381. The number of rotatable bonds is 3. The maximum absolute atomic E-state index is 8.52. The summed E-state index contributed by atoms with van der Waals surface area (Å²) in [4.78, 5) is 0. The molecule has 0 fully saturated rings. The van der Waals surface area contributed by atoms with Gasteiger partial charge in [-0.3, -0.25) is 5.41 Å². The van der Waals surface area contributed by atoms with Crippen molar-refractivity contribution in [3.05, 3.63) is 187 Å². The molecular formula is C46H34N4. The lowest BCUT2D eigenvalue weighted by atomic mass is 10.1. The molecule has 0 bridgehead atoms. The van der Waals surface area contributed by atoms with Crippen molar-refractivity contribution in [2.24, 2.45) is 0 Å². The van der Waals surface area contributed by atoms with Gasteiger partial charge in [0.2, 0.25) is 0 Å². The highest BCUT2D eigenvalue weighted by Gasteiger charge is 2.19. The molecule has 3 heterocycles. The number of fused-ring (bicyclic) bond motifs is 12. The molecule has 0 aliphatic heterocycles. The minimum Gasteiger partial charge on any atom is -0.340 e. The Morgan fingerprint density at radius 3 is 1.66 bits per heavy atom. The van der Waals surface area contributed by atoms with E-state index in [0.717, 1.165) is 16.9 Å². The number of nitrogens with one attached hydrogen (secondary N) is 2. The standard InChI is InChI=1S/C39H26N4.C7H8/c40-39(25-10-2-1-3-11-25)41-26-18-20-27(21-19-26)42-34-16-8-7-15-31(34)32-22-23-36-33(38(32)42)24-37-30-14-5-4-12-28(30)29-13-6-9-17-35(29)43(36)37;1-7-5-3-2-4-6-7/h1-24H,(H2,40,41);2-6H,1H3. The molecule has 0 radical (unpaired) electrons. The molecule has 7 aromatic carbocycles. The van der Waals surface area contributed by atoms with E-state index < -0.39 is 0 Å². The molecule has 4 heteroatoms. The summed E-state index contributed by atoms with van der Waals surface area (Å²) in [5.41, 5.74) is 10.2. The molecule has 0 unspecified atom stereocenters. The lowest BCUT2D eigenvalue weighted by Crippen LogP contribution is -2.11. The topological polar surface area (TPSA) is 45.2 Å². The number of aromatic nitrogens is 2. The maximum atomic E-state index is 8.52. The Labute approximate surface area is 290 Å². The highest BCUT2D eigenvalue weighted by atomic mass is 15.0. The van der Waals surface area contributed by atoms with Gasteiger partial charge in [-0.2, -0.15) is 0 Å². The van der Waals surface area contributed by atoms with Crippen LogP contribution >= 0.6 is 0 Å². The molecule has 4 nitrogen and oxygen atoms in total. The van der Waals surface area contributed by atoms with Crippen LogP contribution in [0.3, 0.4) is 0 Å². The number of amidine groups is 1. The van der Waals surface area contributed by atoms with Gasteiger partial charge in [0.15, 0.2) is 0 Å². The first-order valence-corrected chi connectivity index (χ1v) is 17.0. The summed E-state index contributed by atoms with van der Waals surface area (Å²) >= 11 is 0. The van der Waals surface area contributed by atoms with Crippen LogP contribution in [0.5, 0.6) is 0 Å². The van der Waals surface area contributed by atoms with E-state index in [0.29, 0.717) is 5.84 Å². The summed E-state index contributed by atoms with van der Waals surface area (Å²) in [5, 5.41) is 19.3. The van der Waals surface area contributed by atoms with Gasteiger partial charge in [-0.15, -0.1) is 0 Å². The van der Waals surface area contributed by atoms with Crippen LogP contribution in [0.2, 0.25) is 0 Å². The second-order valence-electron chi connectivity index (χ2n) is 12.7. The van der Waals surface area contributed by atoms with Crippen molar-refractivity contribution in [2.45, 2.75) is 6.92 Å². The Bertz CT molecular complexity index is 2840. The number of nitrogens with zero attached hydrogens (tertiary/aromatic N) is 2. The largest absolute Gasteiger partial charge is 0.340 e. The molecule has 0 aliphatic carbocycles. The molecule has 0 saturated carbocycles. The van der Waals surface area contributed by atoms with Gasteiger partial charge in [0.25, 0.3) is 0 Å². The van der Waals surface area contributed by atoms with E-state index >= 15 is 0 Å². The van der Waals surface area contributed by atoms with Gasteiger partial charge in [0, 0.05) is 43.9 Å². The fourth-order valence-corrected chi connectivity index (χ4v) is 7.35. The Kier molecular flexibility index (Phi) is 7.14. The summed E-state index contributed by atoms with van der Waals surface area (Å²) in [6.07, 6.45) is 0. The van der Waals surface area contributed by atoms with E-state index in [-0.39, 0.29) is 0 Å². The van der Waals surface area contributed by atoms with Crippen LogP contribution in [0.4, 0.5) is 5.69 Å². The Morgan fingerprint density at radius 1 is 0.460 bits per heavy atom. The van der Waals surface area contributed by atoms with Gasteiger partial charge in [0.1, 0.15) is 5.84 Å². The van der Waals surface area contributed by atoms with E-state index in [2.05, 4.69) is 149 Å². The molecule has 10 aromatic rings. The van der Waals surface area contributed by atoms with E-state index in [4.69, 9.17) is 5.41 Å². The van der Waals surface area contributed by atoms with Crippen molar-refractivity contribution in [1.82, 2.24) is 8.97 Å². The zero-order chi connectivity index (χ0) is 33.6. The van der Waals surface area contributed by atoms with Crippen molar-refractivity contribution in [2.75, 3.05) is 5.32 Å². The van der Waals surface area contributed by atoms with Crippen molar-refractivity contribution in [3.8, 4) is 5.69 Å². The van der Waals surface area contributed by atoms with Crippen LogP contribution in [0, 0.1) is 12.3 Å². The fraction of sp³-hybridized carbons (Fsp3) is 0.0217. The van der Waals surface area contributed by atoms with E-state index in [1.165, 1.54) is 65.5 Å². The zero-order valence-electron chi connectivity index (χ0n) is 27.6. The van der Waals surface area contributed by atoms with Crippen LogP contribution in [0.25, 0.3) is 65.6 Å². The van der Waals surface area contributed by atoms with E-state index in [1.807, 2.05) is 48.5 Å². The average Bonchev–Trinajstić information content (AvgIpc) is 3.73. The minimum absolute atomic E-state index is 0.381. The molecule has 50 heavy (non-hydrogen) atoms. The predicted octanol–water partition coefficient (Wildman–Crippen LogP) is 11.9. The molecule has 0 atom stereocenters. The summed E-state index contributed by atoms with van der Waals surface area (Å²) in [7, 11) is 0. The maximum Gasteiger partial charge on any atom is 0.129 e. The lowest BCUT2D eigenvalue weighted by molar-refractivity contribution is 1.19. The Balaban J connectivity index is 0.000000432. The van der Waals surface area contributed by atoms with Crippen LogP contribution < -0.4 is 5.32 Å². The summed E-state index contributed by atoms with van der Waals surface area (Å²) in [6.45, 7) is 2.08. The van der Waals surface area contributed by atoms with Crippen LogP contribution in [-0.4, -0.2) is 14.8 Å². The smallest absolute Gasteiger partial charge is 0.129 e. The van der Waals surface area contributed by atoms with Gasteiger partial charge in [-0.25, -0.2) is 0 Å². The van der Waals surface area contributed by atoms with E-state index in [1.54, 1.807) is 0 Å². The second kappa shape index (κ2) is 12.1. The first-order valence-electron chi connectivity index (χ1n) is 17.0. The molecular weight excluding hydrogens is 609 g/mol. The number of hydrogen-bond donors (Lipinski definition) is 2. The monoisotopic (exact) mass is 642 g/mol. The molecule has 0 aliphatic rings. The normalized spacial score (nSPS) is 11.4. The molecule has 238 valence electrons. The van der Waals surface area contributed by atoms with Gasteiger partial charge in [-0.1, -0.05) is 133 Å². The number of benzene rings is 7. The highest BCUT2D eigenvalue weighted by molar-refractivity contribution is 6.22. The third kappa shape index (κ3) is 4.89. The molecule has 0 amide bonds. The van der Waals surface area contributed by atoms with Crippen molar-refractivity contribution in [1.29, 1.82) is 5.41 Å². The summed E-state index contributed by atoms with van der Waals surface area (Å²) in [6, 6.07) is 61.5. The van der Waals surface area contributed by atoms with E-state index in [9.17, 15) is 0 Å². The zero-order valence-corrected chi connectivity index (χ0v) is 27.6. The van der Waals surface area contributed by atoms with Gasteiger partial charge >= 0.3 is 0 Å². The first kappa shape index (κ1) is 29.5. The minimum atomic E-state index is 0.381. The third-order valence-corrected chi connectivity index (χ3v) is 9.65. The van der Waals surface area contributed by atoms with Crippen LogP contribution in [-0.2, 0) is 0 Å². The van der Waals surface area contributed by atoms with Gasteiger partial charge < -0.3 is 14.3 Å². The molecule has 0 saturated heterocycles. The number of anilines is 1. The Hall–Kier alpha value is -6.65. The highest BCUT2D eigenvalue weighted by Crippen LogP contribution is 2.40. The second-order valence-corrected chi connectivity index (χ2v) is 12.7. The number of hydrogen-bond acceptors (Lipinski definition) is 1. The Morgan fingerprint density at radius 2 is 1.00 bits per heavy atom. The lowest BCUT2D eigenvalue weighted by Gasteiger charge is -2.12. The van der Waals surface area contributed by atoms with Gasteiger partial charge in [0.05, 0.1) is 27.6 Å². The molecule has 3 aromatic heterocycles. The predicted molar refractivity (Wildman–Crippen MR) is 212 cm³/mol. The van der Waals surface area contributed by atoms with Crippen molar-refractivity contribution < 1.29 is 0 Å². The third-order valence-electron chi connectivity index (χ3n) is 9.65. The molecule has 10 rings (SSSR count).